The summed E-state index contributed by atoms with van der Waals surface area (Å²) in [5, 5.41) is 0. The maximum Gasteiger partial charge on any atom is 0.218 e. The monoisotopic (exact) mass is 291 g/mol. The van der Waals surface area contributed by atoms with Gasteiger partial charge in [-0.25, -0.2) is 12.7 Å². The molecule has 1 heterocycles. The smallest absolute Gasteiger partial charge is 0.212 e. The fourth-order valence-electron chi connectivity index (χ4n) is 2.91. The average Bonchev–Trinajstić information content (AvgIpc) is 3.23. The van der Waals surface area contributed by atoms with Crippen LogP contribution in [0.3, 0.4) is 0 Å². The van der Waals surface area contributed by atoms with Crippen LogP contribution in [0.1, 0.15) is 36.8 Å². The van der Waals surface area contributed by atoms with Gasteiger partial charge < -0.3 is 0 Å². The molecule has 1 aliphatic heterocycles. The SMILES string of the molecule is Cc1cccc(CS(=O)(=O)N2CCC(=C3CC3)CC2)c1. The number of rotatable bonds is 3. The van der Waals surface area contributed by atoms with Crippen LogP contribution >= 0.6 is 0 Å². The quantitative estimate of drug-likeness (QED) is 0.803. The Hall–Kier alpha value is -1.13. The predicted octanol–water partition coefficient (Wildman–Crippen LogP) is 3.01. The van der Waals surface area contributed by atoms with Crippen molar-refractivity contribution in [3.05, 3.63) is 46.5 Å². The van der Waals surface area contributed by atoms with Gasteiger partial charge in [0.05, 0.1) is 5.75 Å². The van der Waals surface area contributed by atoms with E-state index in [0.29, 0.717) is 13.1 Å². The van der Waals surface area contributed by atoms with Crippen molar-refractivity contribution in [1.82, 2.24) is 4.31 Å². The van der Waals surface area contributed by atoms with Gasteiger partial charge in [0.2, 0.25) is 10.0 Å². The number of allylic oxidation sites excluding steroid dienone is 1. The summed E-state index contributed by atoms with van der Waals surface area (Å²) in [4.78, 5) is 0. The van der Waals surface area contributed by atoms with Crippen LogP contribution in [0.4, 0.5) is 0 Å². The van der Waals surface area contributed by atoms with Crippen molar-refractivity contribution in [3.63, 3.8) is 0 Å². The van der Waals surface area contributed by atoms with E-state index in [1.54, 1.807) is 9.88 Å². The summed E-state index contributed by atoms with van der Waals surface area (Å²) >= 11 is 0. The molecule has 2 fully saturated rings. The van der Waals surface area contributed by atoms with Gasteiger partial charge in [-0.2, -0.15) is 0 Å². The highest BCUT2D eigenvalue weighted by Gasteiger charge is 2.28. The Morgan fingerprint density at radius 2 is 1.70 bits per heavy atom. The van der Waals surface area contributed by atoms with E-state index in [1.165, 1.54) is 18.4 Å². The van der Waals surface area contributed by atoms with Crippen molar-refractivity contribution in [2.24, 2.45) is 0 Å². The van der Waals surface area contributed by atoms with Gasteiger partial charge in [0, 0.05) is 13.1 Å². The molecule has 1 saturated carbocycles. The number of hydrogen-bond acceptors (Lipinski definition) is 2. The molecule has 2 aliphatic rings. The minimum absolute atomic E-state index is 0.126. The first-order valence-corrected chi connectivity index (χ1v) is 8.89. The van der Waals surface area contributed by atoms with E-state index < -0.39 is 10.0 Å². The molecule has 108 valence electrons. The first kappa shape index (κ1) is 13.8. The molecule has 0 bridgehead atoms. The fraction of sp³-hybridized carbons (Fsp3) is 0.500. The molecule has 0 aromatic heterocycles. The highest BCUT2D eigenvalue weighted by molar-refractivity contribution is 7.88. The second kappa shape index (κ2) is 5.34. The third kappa shape index (κ3) is 3.13. The molecule has 0 spiro atoms. The van der Waals surface area contributed by atoms with Crippen molar-refractivity contribution in [2.75, 3.05) is 13.1 Å². The minimum atomic E-state index is -3.17. The van der Waals surface area contributed by atoms with Gasteiger partial charge in [-0.05, 0) is 38.2 Å². The molecular formula is C16H21NO2S. The van der Waals surface area contributed by atoms with Crippen molar-refractivity contribution in [3.8, 4) is 0 Å². The molecule has 4 heteroatoms. The van der Waals surface area contributed by atoms with E-state index in [0.717, 1.165) is 24.0 Å². The van der Waals surface area contributed by atoms with Crippen molar-refractivity contribution >= 4 is 10.0 Å². The number of piperidine rings is 1. The maximum atomic E-state index is 12.5. The summed E-state index contributed by atoms with van der Waals surface area (Å²) in [5.41, 5.74) is 5.10. The van der Waals surface area contributed by atoms with Crippen molar-refractivity contribution in [1.29, 1.82) is 0 Å². The third-order valence-corrected chi connectivity index (χ3v) is 6.00. The van der Waals surface area contributed by atoms with Gasteiger partial charge in [0.1, 0.15) is 0 Å². The lowest BCUT2D eigenvalue weighted by atomic mass is 10.1. The normalized spacial score (nSPS) is 20.2. The molecule has 3 rings (SSSR count). The number of benzene rings is 1. The lowest BCUT2D eigenvalue weighted by molar-refractivity contribution is 0.385. The summed E-state index contributed by atoms with van der Waals surface area (Å²) in [6.45, 7) is 3.31. The molecular weight excluding hydrogens is 270 g/mol. The summed E-state index contributed by atoms with van der Waals surface area (Å²) in [5.74, 6) is 0.126. The molecule has 0 N–H and O–H groups in total. The Bertz CT molecular complexity index is 630. The first-order chi connectivity index (χ1) is 9.54. The van der Waals surface area contributed by atoms with E-state index >= 15 is 0 Å². The van der Waals surface area contributed by atoms with E-state index in [1.807, 2.05) is 31.2 Å². The molecule has 1 aromatic carbocycles. The summed E-state index contributed by atoms with van der Waals surface area (Å²) in [6.07, 6.45) is 4.35. The Morgan fingerprint density at radius 1 is 1.05 bits per heavy atom. The summed E-state index contributed by atoms with van der Waals surface area (Å²) in [6, 6.07) is 7.77. The van der Waals surface area contributed by atoms with E-state index in [9.17, 15) is 8.42 Å². The van der Waals surface area contributed by atoms with Crippen molar-refractivity contribution in [2.45, 2.75) is 38.4 Å². The molecule has 1 saturated heterocycles. The van der Waals surface area contributed by atoms with Gasteiger partial charge in [0.15, 0.2) is 0 Å². The molecule has 1 aromatic rings. The van der Waals surface area contributed by atoms with Gasteiger partial charge in [-0.15, -0.1) is 0 Å². The Labute approximate surface area is 121 Å². The van der Waals surface area contributed by atoms with E-state index in [4.69, 9.17) is 0 Å². The predicted molar refractivity (Wildman–Crippen MR) is 80.9 cm³/mol. The van der Waals surface area contributed by atoms with E-state index in [-0.39, 0.29) is 5.75 Å². The van der Waals surface area contributed by atoms with Gasteiger partial charge in [0.25, 0.3) is 0 Å². The number of aryl methyl sites for hydroxylation is 1. The Kier molecular flexibility index (Phi) is 3.69. The fourth-order valence-corrected chi connectivity index (χ4v) is 4.43. The summed E-state index contributed by atoms with van der Waals surface area (Å²) in [7, 11) is -3.17. The number of nitrogens with zero attached hydrogens (tertiary/aromatic N) is 1. The topological polar surface area (TPSA) is 37.4 Å². The van der Waals surface area contributed by atoms with E-state index in [2.05, 4.69) is 0 Å². The first-order valence-electron chi connectivity index (χ1n) is 7.28. The molecule has 0 unspecified atom stereocenters. The average molecular weight is 291 g/mol. The molecule has 0 amide bonds. The maximum absolute atomic E-state index is 12.5. The Balaban J connectivity index is 1.68. The zero-order valence-electron chi connectivity index (χ0n) is 11.9. The molecule has 1 aliphatic carbocycles. The Morgan fingerprint density at radius 3 is 2.30 bits per heavy atom. The third-order valence-electron chi connectivity index (χ3n) is 4.15. The summed E-state index contributed by atoms with van der Waals surface area (Å²) < 4.78 is 26.6. The molecule has 20 heavy (non-hydrogen) atoms. The van der Waals surface area contributed by atoms with Crippen LogP contribution in [0.5, 0.6) is 0 Å². The molecule has 0 atom stereocenters. The van der Waals surface area contributed by atoms with Crippen LogP contribution in [-0.2, 0) is 15.8 Å². The number of sulfonamides is 1. The lowest BCUT2D eigenvalue weighted by Gasteiger charge is -2.27. The molecule has 0 radical (unpaired) electrons. The van der Waals surface area contributed by atoms with Crippen LogP contribution in [0.25, 0.3) is 0 Å². The molecule has 3 nitrogen and oxygen atoms in total. The van der Waals surface area contributed by atoms with Crippen LogP contribution in [-0.4, -0.2) is 25.8 Å². The van der Waals surface area contributed by atoms with Crippen LogP contribution in [0.15, 0.2) is 35.4 Å². The minimum Gasteiger partial charge on any atom is -0.212 e. The van der Waals surface area contributed by atoms with Gasteiger partial charge >= 0.3 is 0 Å². The highest BCUT2D eigenvalue weighted by atomic mass is 32.2. The highest BCUT2D eigenvalue weighted by Crippen LogP contribution is 2.36. The van der Waals surface area contributed by atoms with Crippen LogP contribution in [0, 0.1) is 6.92 Å². The number of hydrogen-bond donors (Lipinski definition) is 0. The standard InChI is InChI=1S/C16H21NO2S/c1-13-3-2-4-14(11-13)12-20(18,19)17-9-7-16(8-10-17)15-5-6-15/h2-4,11H,5-10,12H2,1H3. The van der Waals surface area contributed by atoms with Crippen LogP contribution < -0.4 is 0 Å². The second-order valence-electron chi connectivity index (χ2n) is 5.85. The van der Waals surface area contributed by atoms with Gasteiger partial charge in [-0.3, -0.25) is 0 Å². The largest absolute Gasteiger partial charge is 0.218 e. The van der Waals surface area contributed by atoms with Gasteiger partial charge in [-0.1, -0.05) is 41.0 Å². The zero-order valence-corrected chi connectivity index (χ0v) is 12.7. The van der Waals surface area contributed by atoms with Crippen LogP contribution in [0.2, 0.25) is 0 Å². The lowest BCUT2D eigenvalue weighted by Crippen LogP contribution is -2.37. The second-order valence-corrected chi connectivity index (χ2v) is 7.82. The van der Waals surface area contributed by atoms with Crippen molar-refractivity contribution < 1.29 is 8.42 Å². The zero-order chi connectivity index (χ0) is 14.2.